The summed E-state index contributed by atoms with van der Waals surface area (Å²) in [5.74, 6) is -0.202. The molecule has 1 saturated heterocycles. The third kappa shape index (κ3) is 5.44. The Bertz CT molecular complexity index is 713. The molecule has 0 bridgehead atoms. The molecule has 1 N–H and O–H groups in total. The standard InChI is InChI=1S/C20H23ClFN3O/c21-18-5-1-17(2-6-18)15-23-20(26)25-13-11-24(12-14-25)10-9-16-3-7-19(22)8-4-16/h1-8H,9-15H2,(H,23,26). The van der Waals surface area contributed by atoms with Crippen molar-refractivity contribution in [1.82, 2.24) is 15.1 Å². The molecule has 0 atom stereocenters. The Morgan fingerprint density at radius 1 is 0.962 bits per heavy atom. The van der Waals surface area contributed by atoms with E-state index in [1.165, 1.54) is 12.1 Å². The summed E-state index contributed by atoms with van der Waals surface area (Å²) in [5, 5.41) is 3.65. The second-order valence-corrected chi connectivity index (χ2v) is 6.93. The van der Waals surface area contributed by atoms with E-state index < -0.39 is 0 Å². The molecule has 3 rings (SSSR count). The number of hydrogen-bond donors (Lipinski definition) is 1. The molecule has 1 fully saturated rings. The molecule has 0 unspecified atom stereocenters. The van der Waals surface area contributed by atoms with E-state index in [-0.39, 0.29) is 11.8 Å². The molecular weight excluding hydrogens is 353 g/mol. The van der Waals surface area contributed by atoms with Gasteiger partial charge in [0.1, 0.15) is 5.82 Å². The largest absolute Gasteiger partial charge is 0.334 e. The van der Waals surface area contributed by atoms with Crippen LogP contribution in [-0.2, 0) is 13.0 Å². The number of nitrogens with zero attached hydrogens (tertiary/aromatic N) is 2. The highest BCUT2D eigenvalue weighted by molar-refractivity contribution is 6.30. The lowest BCUT2D eigenvalue weighted by Crippen LogP contribution is -2.51. The van der Waals surface area contributed by atoms with Gasteiger partial charge in [0.05, 0.1) is 0 Å². The van der Waals surface area contributed by atoms with Crippen LogP contribution in [0.2, 0.25) is 5.02 Å². The molecule has 0 radical (unpaired) electrons. The average Bonchev–Trinajstić information content (AvgIpc) is 2.67. The van der Waals surface area contributed by atoms with E-state index >= 15 is 0 Å². The maximum Gasteiger partial charge on any atom is 0.317 e. The second kappa shape index (κ2) is 9.01. The van der Waals surface area contributed by atoms with Crippen molar-refractivity contribution in [3.8, 4) is 0 Å². The first-order valence-corrected chi connectivity index (χ1v) is 9.22. The summed E-state index contributed by atoms with van der Waals surface area (Å²) < 4.78 is 12.9. The van der Waals surface area contributed by atoms with Crippen LogP contribution in [-0.4, -0.2) is 48.6 Å². The molecule has 2 aromatic carbocycles. The Labute approximate surface area is 158 Å². The fourth-order valence-electron chi connectivity index (χ4n) is 3.00. The van der Waals surface area contributed by atoms with Crippen LogP contribution in [0.5, 0.6) is 0 Å². The van der Waals surface area contributed by atoms with Gasteiger partial charge in [-0.3, -0.25) is 4.90 Å². The van der Waals surface area contributed by atoms with Crippen LogP contribution in [0, 0.1) is 5.82 Å². The van der Waals surface area contributed by atoms with Gasteiger partial charge in [0.15, 0.2) is 0 Å². The topological polar surface area (TPSA) is 35.6 Å². The lowest BCUT2D eigenvalue weighted by molar-refractivity contribution is 0.140. The van der Waals surface area contributed by atoms with Crippen molar-refractivity contribution >= 4 is 17.6 Å². The van der Waals surface area contributed by atoms with Crippen LogP contribution in [0.4, 0.5) is 9.18 Å². The molecule has 1 aliphatic rings. The number of benzene rings is 2. The number of hydrogen-bond acceptors (Lipinski definition) is 2. The third-order valence-corrected chi connectivity index (χ3v) is 4.90. The summed E-state index contributed by atoms with van der Waals surface area (Å²) in [6.07, 6.45) is 0.892. The molecule has 2 amide bonds. The van der Waals surface area contributed by atoms with Gasteiger partial charge in [0.25, 0.3) is 0 Å². The predicted octanol–water partition coefficient (Wildman–Crippen LogP) is 3.55. The van der Waals surface area contributed by atoms with Crippen LogP contribution < -0.4 is 5.32 Å². The minimum Gasteiger partial charge on any atom is -0.334 e. The lowest BCUT2D eigenvalue weighted by Gasteiger charge is -2.34. The number of rotatable bonds is 5. The molecule has 26 heavy (non-hydrogen) atoms. The first kappa shape index (κ1) is 18.7. The smallest absolute Gasteiger partial charge is 0.317 e. The zero-order valence-electron chi connectivity index (χ0n) is 14.6. The Kier molecular flexibility index (Phi) is 6.47. The van der Waals surface area contributed by atoms with Gasteiger partial charge in [-0.25, -0.2) is 9.18 Å². The highest BCUT2D eigenvalue weighted by Crippen LogP contribution is 2.10. The zero-order valence-corrected chi connectivity index (χ0v) is 15.4. The van der Waals surface area contributed by atoms with Gasteiger partial charge >= 0.3 is 6.03 Å². The monoisotopic (exact) mass is 375 g/mol. The van der Waals surface area contributed by atoms with Crippen LogP contribution >= 0.6 is 11.6 Å². The minimum absolute atomic E-state index is 0.0295. The van der Waals surface area contributed by atoms with Crippen molar-refractivity contribution in [1.29, 1.82) is 0 Å². The van der Waals surface area contributed by atoms with Gasteiger partial charge in [-0.15, -0.1) is 0 Å². The predicted molar refractivity (Wildman–Crippen MR) is 102 cm³/mol. The van der Waals surface area contributed by atoms with Crippen molar-refractivity contribution in [2.75, 3.05) is 32.7 Å². The Balaban J connectivity index is 1.38. The van der Waals surface area contributed by atoms with E-state index in [0.717, 1.165) is 50.3 Å². The molecule has 138 valence electrons. The van der Waals surface area contributed by atoms with Crippen LogP contribution in [0.3, 0.4) is 0 Å². The van der Waals surface area contributed by atoms with E-state index in [0.29, 0.717) is 11.6 Å². The SMILES string of the molecule is O=C(NCc1ccc(Cl)cc1)N1CCN(CCc2ccc(F)cc2)CC1. The first-order chi connectivity index (χ1) is 12.6. The number of halogens is 2. The molecule has 1 aliphatic heterocycles. The third-order valence-electron chi connectivity index (χ3n) is 4.65. The lowest BCUT2D eigenvalue weighted by atomic mass is 10.1. The van der Waals surface area contributed by atoms with E-state index in [9.17, 15) is 9.18 Å². The second-order valence-electron chi connectivity index (χ2n) is 6.49. The van der Waals surface area contributed by atoms with Gasteiger partial charge in [0.2, 0.25) is 0 Å². The Hall–Kier alpha value is -2.11. The van der Waals surface area contributed by atoms with E-state index in [2.05, 4.69) is 10.2 Å². The van der Waals surface area contributed by atoms with Gasteiger partial charge in [0, 0.05) is 44.3 Å². The van der Waals surface area contributed by atoms with Gasteiger partial charge in [-0.05, 0) is 41.8 Å². The number of carbonyl (C=O) groups is 1. The van der Waals surface area contributed by atoms with E-state index in [1.54, 1.807) is 0 Å². The van der Waals surface area contributed by atoms with Crippen LogP contribution in [0.15, 0.2) is 48.5 Å². The van der Waals surface area contributed by atoms with Gasteiger partial charge in [-0.2, -0.15) is 0 Å². The molecule has 0 aliphatic carbocycles. The van der Waals surface area contributed by atoms with E-state index in [4.69, 9.17) is 11.6 Å². The van der Waals surface area contributed by atoms with Gasteiger partial charge in [-0.1, -0.05) is 35.9 Å². The number of amides is 2. The molecule has 0 spiro atoms. The average molecular weight is 376 g/mol. The molecule has 2 aromatic rings. The Morgan fingerprint density at radius 3 is 2.23 bits per heavy atom. The number of nitrogens with one attached hydrogen (secondary N) is 1. The summed E-state index contributed by atoms with van der Waals surface area (Å²) in [6.45, 7) is 4.57. The van der Waals surface area contributed by atoms with Crippen molar-refractivity contribution in [3.05, 3.63) is 70.5 Å². The molecule has 6 heteroatoms. The first-order valence-electron chi connectivity index (χ1n) is 8.84. The molecule has 0 saturated carbocycles. The minimum atomic E-state index is -0.202. The van der Waals surface area contributed by atoms with Crippen LogP contribution in [0.25, 0.3) is 0 Å². The maximum absolute atomic E-state index is 12.9. The number of piperazine rings is 1. The molecular formula is C20H23ClFN3O. The highest BCUT2D eigenvalue weighted by atomic mass is 35.5. The molecule has 4 nitrogen and oxygen atoms in total. The summed E-state index contributed by atoms with van der Waals surface area (Å²) in [7, 11) is 0. The van der Waals surface area contributed by atoms with Crippen molar-refractivity contribution in [2.45, 2.75) is 13.0 Å². The van der Waals surface area contributed by atoms with E-state index in [1.807, 2.05) is 41.3 Å². The zero-order chi connectivity index (χ0) is 18.4. The fraction of sp³-hybridized carbons (Fsp3) is 0.350. The van der Waals surface area contributed by atoms with Crippen LogP contribution in [0.1, 0.15) is 11.1 Å². The summed E-state index contributed by atoms with van der Waals surface area (Å²) in [5.41, 5.74) is 2.16. The van der Waals surface area contributed by atoms with Crippen molar-refractivity contribution in [2.24, 2.45) is 0 Å². The maximum atomic E-state index is 12.9. The summed E-state index contributed by atoms with van der Waals surface area (Å²) in [6, 6.07) is 14.1. The highest BCUT2D eigenvalue weighted by Gasteiger charge is 2.20. The molecule has 0 aromatic heterocycles. The summed E-state index contributed by atoms with van der Waals surface area (Å²) >= 11 is 5.86. The number of urea groups is 1. The normalized spacial score (nSPS) is 15.1. The van der Waals surface area contributed by atoms with Crippen molar-refractivity contribution < 1.29 is 9.18 Å². The van der Waals surface area contributed by atoms with Gasteiger partial charge < -0.3 is 10.2 Å². The molecule has 1 heterocycles. The summed E-state index contributed by atoms with van der Waals surface area (Å²) in [4.78, 5) is 16.5. The number of carbonyl (C=O) groups excluding carboxylic acids is 1. The van der Waals surface area contributed by atoms with Crippen molar-refractivity contribution in [3.63, 3.8) is 0 Å². The quantitative estimate of drug-likeness (QED) is 0.867. The fourth-order valence-corrected chi connectivity index (χ4v) is 3.13. The Morgan fingerprint density at radius 2 is 1.58 bits per heavy atom.